The summed E-state index contributed by atoms with van der Waals surface area (Å²) in [6.45, 7) is 6.19. The summed E-state index contributed by atoms with van der Waals surface area (Å²) in [4.78, 5) is 0. The van der Waals surface area contributed by atoms with Gasteiger partial charge in [0.05, 0.1) is 21.1 Å². The summed E-state index contributed by atoms with van der Waals surface area (Å²) in [7, 11) is 0. The van der Waals surface area contributed by atoms with Crippen molar-refractivity contribution in [2.45, 2.75) is 26.8 Å². The van der Waals surface area contributed by atoms with Crippen molar-refractivity contribution in [2.24, 2.45) is 0 Å². The lowest BCUT2D eigenvalue weighted by atomic mass is 10.0. The van der Waals surface area contributed by atoms with Gasteiger partial charge in [0, 0.05) is 10.2 Å². The molecule has 1 N–H and O–H groups in total. The molecule has 5 heteroatoms. The van der Waals surface area contributed by atoms with E-state index < -0.39 is 0 Å². The van der Waals surface area contributed by atoms with Gasteiger partial charge < -0.3 is 5.32 Å². The Bertz CT molecular complexity index is 662. The van der Waals surface area contributed by atoms with Gasteiger partial charge in [-0.25, -0.2) is 0 Å². The number of aryl methyl sites for hydroxylation is 2. The van der Waals surface area contributed by atoms with Gasteiger partial charge in [-0.15, -0.1) is 0 Å². The van der Waals surface area contributed by atoms with Gasteiger partial charge in [-0.3, -0.25) is 0 Å². The molecule has 2 rings (SSSR count). The molecule has 1 atom stereocenters. The Morgan fingerprint density at radius 2 is 1.57 bits per heavy atom. The zero-order valence-corrected chi connectivity index (χ0v) is 15.8. The molecule has 0 bridgehead atoms. The maximum absolute atomic E-state index is 6.30. The van der Waals surface area contributed by atoms with E-state index in [1.54, 1.807) is 6.07 Å². The Hall–Kier alpha value is -0.410. The van der Waals surface area contributed by atoms with Crippen molar-refractivity contribution in [3.63, 3.8) is 0 Å². The Morgan fingerprint density at radius 3 is 2.14 bits per heavy atom. The zero-order chi connectivity index (χ0) is 15.7. The lowest BCUT2D eigenvalue weighted by Crippen LogP contribution is -2.09. The average Bonchev–Trinajstić information content (AvgIpc) is 2.40. The van der Waals surface area contributed by atoms with Gasteiger partial charge in [-0.1, -0.05) is 56.8 Å². The van der Waals surface area contributed by atoms with Crippen molar-refractivity contribution in [1.82, 2.24) is 0 Å². The van der Waals surface area contributed by atoms with Gasteiger partial charge in [0.25, 0.3) is 0 Å². The zero-order valence-electron chi connectivity index (χ0n) is 11.9. The Labute approximate surface area is 148 Å². The molecule has 0 spiro atoms. The minimum atomic E-state index is 0.0193. The van der Waals surface area contributed by atoms with Crippen molar-refractivity contribution in [2.75, 3.05) is 5.32 Å². The predicted octanol–water partition coefficient (Wildman–Crippen LogP) is 7.20. The fourth-order valence-electron chi connectivity index (χ4n) is 2.31. The number of nitrogens with one attached hydrogen (secondary N) is 1. The largest absolute Gasteiger partial charge is 0.378 e. The second-order valence-corrected chi connectivity index (χ2v) is 7.12. The van der Waals surface area contributed by atoms with Gasteiger partial charge in [0.1, 0.15) is 0 Å². The van der Waals surface area contributed by atoms with Gasteiger partial charge in [0.15, 0.2) is 0 Å². The van der Waals surface area contributed by atoms with E-state index in [4.69, 9.17) is 34.8 Å². The Morgan fingerprint density at radius 1 is 1.00 bits per heavy atom. The van der Waals surface area contributed by atoms with Crippen LogP contribution in [-0.4, -0.2) is 0 Å². The quantitative estimate of drug-likeness (QED) is 0.531. The third-order valence-corrected chi connectivity index (χ3v) is 5.16. The summed E-state index contributed by atoms with van der Waals surface area (Å²) in [5.41, 5.74) is 4.37. The maximum Gasteiger partial charge on any atom is 0.0782 e. The Kier molecular flexibility index (Phi) is 5.48. The van der Waals surface area contributed by atoms with Crippen LogP contribution in [0.25, 0.3) is 0 Å². The van der Waals surface area contributed by atoms with Crippen LogP contribution in [0.2, 0.25) is 15.1 Å². The Balaban J connectivity index is 2.35. The highest BCUT2D eigenvalue weighted by atomic mass is 79.9. The molecule has 2 aromatic rings. The summed E-state index contributed by atoms with van der Waals surface area (Å²) >= 11 is 21.9. The smallest absolute Gasteiger partial charge is 0.0782 e. The van der Waals surface area contributed by atoms with Crippen LogP contribution in [-0.2, 0) is 0 Å². The molecular weight excluding hydrogens is 392 g/mol. The molecule has 0 radical (unpaired) electrons. The van der Waals surface area contributed by atoms with E-state index in [0.29, 0.717) is 15.1 Å². The summed E-state index contributed by atoms with van der Waals surface area (Å²) in [6.07, 6.45) is 0. The van der Waals surface area contributed by atoms with Crippen LogP contribution in [0, 0.1) is 13.8 Å². The first-order valence-electron chi connectivity index (χ1n) is 6.48. The lowest BCUT2D eigenvalue weighted by molar-refractivity contribution is 0.880. The topological polar surface area (TPSA) is 12.0 Å². The number of anilines is 1. The third kappa shape index (κ3) is 3.68. The minimum Gasteiger partial charge on any atom is -0.378 e. The van der Waals surface area contributed by atoms with Gasteiger partial charge in [-0.2, -0.15) is 0 Å². The molecule has 1 nitrogen and oxygen atoms in total. The fraction of sp³-hybridized carbons (Fsp3) is 0.250. The molecule has 0 aromatic heterocycles. The van der Waals surface area contributed by atoms with Crippen LogP contribution >= 0.6 is 50.7 Å². The standard InChI is InChI=1S/C16H15BrCl3N/c1-8-6-11(17)7-9(2)16(8)21-10(3)12-4-5-13(18)15(20)14(12)19/h4-7,10,21H,1-3H3. The van der Waals surface area contributed by atoms with E-state index >= 15 is 0 Å². The van der Waals surface area contributed by atoms with E-state index in [2.05, 4.69) is 47.2 Å². The molecule has 0 saturated heterocycles. The van der Waals surface area contributed by atoms with Crippen molar-refractivity contribution < 1.29 is 0 Å². The molecule has 2 aromatic carbocycles. The van der Waals surface area contributed by atoms with Crippen LogP contribution in [0.3, 0.4) is 0 Å². The molecule has 1 unspecified atom stereocenters. The number of rotatable bonds is 3. The van der Waals surface area contributed by atoms with E-state index in [1.807, 2.05) is 13.0 Å². The summed E-state index contributed by atoms with van der Waals surface area (Å²) < 4.78 is 1.07. The van der Waals surface area contributed by atoms with E-state index in [0.717, 1.165) is 15.7 Å². The number of hydrogen-bond acceptors (Lipinski definition) is 1. The molecule has 0 saturated carbocycles. The maximum atomic E-state index is 6.30. The number of halogens is 4. The summed E-state index contributed by atoms with van der Waals surface area (Å²) in [6, 6.07) is 7.85. The lowest BCUT2D eigenvalue weighted by Gasteiger charge is -2.21. The van der Waals surface area contributed by atoms with E-state index in [1.165, 1.54) is 11.1 Å². The second kappa shape index (κ2) is 6.78. The molecule has 112 valence electrons. The van der Waals surface area contributed by atoms with Crippen LogP contribution in [0.4, 0.5) is 5.69 Å². The highest BCUT2D eigenvalue weighted by molar-refractivity contribution is 9.10. The van der Waals surface area contributed by atoms with Crippen LogP contribution in [0.5, 0.6) is 0 Å². The molecule has 0 aliphatic rings. The van der Waals surface area contributed by atoms with Crippen LogP contribution in [0.15, 0.2) is 28.7 Å². The molecule has 21 heavy (non-hydrogen) atoms. The highest BCUT2D eigenvalue weighted by Crippen LogP contribution is 2.37. The summed E-state index contributed by atoms with van der Waals surface area (Å²) in [5.74, 6) is 0. The molecule has 0 amide bonds. The van der Waals surface area contributed by atoms with Gasteiger partial charge >= 0.3 is 0 Å². The predicted molar refractivity (Wildman–Crippen MR) is 97.1 cm³/mol. The van der Waals surface area contributed by atoms with E-state index in [-0.39, 0.29) is 6.04 Å². The average molecular weight is 408 g/mol. The first kappa shape index (κ1) is 17.0. The normalized spacial score (nSPS) is 12.3. The SMILES string of the molecule is Cc1cc(Br)cc(C)c1NC(C)c1ccc(Cl)c(Cl)c1Cl. The number of benzene rings is 2. The van der Waals surface area contributed by atoms with Gasteiger partial charge in [-0.05, 0) is 55.7 Å². The van der Waals surface area contributed by atoms with Crippen LogP contribution in [0.1, 0.15) is 29.7 Å². The highest BCUT2D eigenvalue weighted by Gasteiger charge is 2.16. The second-order valence-electron chi connectivity index (χ2n) is 5.05. The van der Waals surface area contributed by atoms with Crippen molar-refractivity contribution in [3.8, 4) is 0 Å². The first-order chi connectivity index (χ1) is 9.81. The van der Waals surface area contributed by atoms with Crippen molar-refractivity contribution >= 4 is 56.4 Å². The molecular formula is C16H15BrCl3N. The molecule has 0 aliphatic carbocycles. The van der Waals surface area contributed by atoms with Crippen molar-refractivity contribution in [1.29, 1.82) is 0 Å². The molecule has 0 fully saturated rings. The fourth-order valence-corrected chi connectivity index (χ4v) is 3.70. The van der Waals surface area contributed by atoms with E-state index in [9.17, 15) is 0 Å². The number of hydrogen-bond donors (Lipinski definition) is 1. The minimum absolute atomic E-state index is 0.0193. The first-order valence-corrected chi connectivity index (χ1v) is 8.40. The monoisotopic (exact) mass is 405 g/mol. The molecule has 0 aliphatic heterocycles. The molecule has 0 heterocycles. The summed E-state index contributed by atoms with van der Waals surface area (Å²) in [5, 5.41) is 4.86. The van der Waals surface area contributed by atoms with Crippen LogP contribution < -0.4 is 5.32 Å². The van der Waals surface area contributed by atoms with Gasteiger partial charge in [0.2, 0.25) is 0 Å². The third-order valence-electron chi connectivity index (χ3n) is 3.39. The van der Waals surface area contributed by atoms with Crippen molar-refractivity contribution in [3.05, 3.63) is 60.5 Å².